The molecule has 0 spiro atoms. The predicted octanol–water partition coefficient (Wildman–Crippen LogP) is -2.75. The summed E-state index contributed by atoms with van der Waals surface area (Å²) >= 11 is 0. The normalized spacial score (nSPS) is 12.4. The minimum Gasteiger partial charge on any atom is -1.00 e. The van der Waals surface area contributed by atoms with Crippen LogP contribution < -0.4 is 37.2 Å². The van der Waals surface area contributed by atoms with Gasteiger partial charge in [0.2, 0.25) is 0 Å². The van der Waals surface area contributed by atoms with Crippen LogP contribution in [0.2, 0.25) is 0 Å². The molecule has 0 unspecified atom stereocenters. The summed E-state index contributed by atoms with van der Waals surface area (Å²) in [6.45, 7) is 4.49. The van der Waals surface area contributed by atoms with Gasteiger partial charge in [0, 0.05) is 0 Å². The summed E-state index contributed by atoms with van der Waals surface area (Å²) in [5, 5.41) is 0. The zero-order valence-electron chi connectivity index (χ0n) is 15.8. The molecule has 0 nitrogen and oxygen atoms in total. The first-order chi connectivity index (χ1) is 11.3. The number of hydrogen-bond acceptors (Lipinski definition) is 0. The summed E-state index contributed by atoms with van der Waals surface area (Å²) in [5.41, 5.74) is 5.62. The van der Waals surface area contributed by atoms with Crippen LogP contribution in [0.25, 0.3) is 0 Å². The number of allylic oxidation sites excluding steroid dienone is 4. The summed E-state index contributed by atoms with van der Waals surface area (Å²) in [4.78, 5) is 0. The van der Waals surface area contributed by atoms with E-state index >= 15 is 0 Å². The van der Waals surface area contributed by atoms with Crippen molar-refractivity contribution in [1.82, 2.24) is 0 Å². The number of halogens is 3. The molecule has 0 heterocycles. The first-order valence-electron chi connectivity index (χ1n) is 8.68. The van der Waals surface area contributed by atoms with Crippen LogP contribution in [0, 0.1) is 6.08 Å². The number of hydrogen-bond donors (Lipinski definition) is 0. The van der Waals surface area contributed by atoms with Crippen LogP contribution in [0.4, 0.5) is 0 Å². The Kier molecular flexibility index (Phi) is 14.5. The molecule has 0 atom stereocenters. The van der Waals surface area contributed by atoms with Crippen LogP contribution in [-0.4, -0.2) is 0 Å². The van der Waals surface area contributed by atoms with Crippen molar-refractivity contribution < 1.29 is 58.9 Å². The van der Waals surface area contributed by atoms with E-state index in [0.717, 1.165) is 12.8 Å². The van der Waals surface area contributed by atoms with Gasteiger partial charge in [0.05, 0.1) is 0 Å². The first kappa shape index (κ1) is 28.7. The zero-order valence-corrected chi connectivity index (χ0v) is 19.6. The molecule has 27 heavy (non-hydrogen) atoms. The zero-order chi connectivity index (χ0) is 16.1. The van der Waals surface area contributed by atoms with Gasteiger partial charge in [0.25, 0.3) is 0 Å². The second kappa shape index (κ2) is 13.6. The number of benzene rings is 2. The first-order valence-corrected chi connectivity index (χ1v) is 8.68. The molecule has 0 bridgehead atoms. The largest absolute Gasteiger partial charge is 4.00 e. The minimum absolute atomic E-state index is 0. The molecule has 0 saturated heterocycles. The van der Waals surface area contributed by atoms with Gasteiger partial charge in [-0.15, -0.1) is 0 Å². The summed E-state index contributed by atoms with van der Waals surface area (Å²) in [7, 11) is 0. The van der Waals surface area contributed by atoms with E-state index in [1.807, 2.05) is 0 Å². The van der Waals surface area contributed by atoms with Crippen molar-refractivity contribution in [2.75, 3.05) is 0 Å². The standard InChI is InChI=1S/C23H25.3ClH.Ti/c1-3-4-18-23(20-13-7-5-8-14-20,21-15-9-6-10-16-21)22-17-11-12-19(22)2;;;;/h5-11,13-16H,3-4,17-18H2,1-2H3;3*1H;/q-1;;;;+4/p-3. The molecule has 0 saturated carbocycles. The van der Waals surface area contributed by atoms with Gasteiger partial charge in [-0.3, -0.25) is 6.08 Å². The molecule has 0 radical (unpaired) electrons. The smallest absolute Gasteiger partial charge is 1.00 e. The topological polar surface area (TPSA) is 0 Å². The maximum Gasteiger partial charge on any atom is 4.00 e. The Morgan fingerprint density at radius 3 is 1.70 bits per heavy atom. The number of rotatable bonds is 6. The minimum atomic E-state index is -0.0252. The predicted molar refractivity (Wildman–Crippen MR) is 98.3 cm³/mol. The molecular formula is C23H25Cl3Ti. The molecule has 0 amide bonds. The van der Waals surface area contributed by atoms with Gasteiger partial charge >= 0.3 is 21.7 Å². The van der Waals surface area contributed by atoms with Gasteiger partial charge in [0.1, 0.15) is 0 Å². The van der Waals surface area contributed by atoms with E-state index in [1.165, 1.54) is 35.1 Å². The van der Waals surface area contributed by atoms with Crippen molar-refractivity contribution >= 4 is 0 Å². The molecule has 3 rings (SSSR count). The fraction of sp³-hybridized carbons (Fsp3) is 0.304. The molecule has 2 aromatic carbocycles. The molecule has 2 aromatic rings. The monoisotopic (exact) mass is 454 g/mol. The third-order valence-electron chi connectivity index (χ3n) is 5.03. The van der Waals surface area contributed by atoms with E-state index < -0.39 is 0 Å². The Bertz CT molecular complexity index is 669. The van der Waals surface area contributed by atoms with E-state index in [9.17, 15) is 0 Å². The molecule has 0 aromatic heterocycles. The molecular weight excluding hydrogens is 430 g/mol. The van der Waals surface area contributed by atoms with Gasteiger partial charge in [0.15, 0.2) is 0 Å². The van der Waals surface area contributed by atoms with E-state index in [2.05, 4.69) is 86.7 Å². The molecule has 0 aliphatic heterocycles. The van der Waals surface area contributed by atoms with Crippen molar-refractivity contribution in [1.29, 1.82) is 0 Å². The van der Waals surface area contributed by atoms with Gasteiger partial charge < -0.3 is 37.2 Å². The summed E-state index contributed by atoms with van der Waals surface area (Å²) in [6.07, 6.45) is 10.2. The van der Waals surface area contributed by atoms with Crippen molar-refractivity contribution in [3.63, 3.8) is 0 Å². The van der Waals surface area contributed by atoms with Gasteiger partial charge in [-0.25, -0.2) is 5.57 Å². The van der Waals surface area contributed by atoms with Crippen molar-refractivity contribution in [2.45, 2.75) is 44.9 Å². The van der Waals surface area contributed by atoms with Crippen LogP contribution >= 0.6 is 0 Å². The fourth-order valence-electron chi connectivity index (χ4n) is 3.88. The number of unbranched alkanes of at least 4 members (excludes halogenated alkanes) is 1. The summed E-state index contributed by atoms with van der Waals surface area (Å²) in [6, 6.07) is 22.1. The Hall–Kier alpha value is -0.496. The van der Waals surface area contributed by atoms with E-state index in [-0.39, 0.29) is 64.4 Å². The second-order valence-corrected chi connectivity index (χ2v) is 6.40. The van der Waals surface area contributed by atoms with Crippen LogP contribution in [0.15, 0.2) is 77.9 Å². The van der Waals surface area contributed by atoms with Crippen molar-refractivity contribution in [3.8, 4) is 0 Å². The third kappa shape index (κ3) is 5.99. The Balaban J connectivity index is 0. The van der Waals surface area contributed by atoms with Crippen molar-refractivity contribution in [3.05, 3.63) is 95.1 Å². The Morgan fingerprint density at radius 2 is 1.33 bits per heavy atom. The molecule has 1 aliphatic carbocycles. The van der Waals surface area contributed by atoms with Crippen LogP contribution in [0.3, 0.4) is 0 Å². The van der Waals surface area contributed by atoms with Crippen LogP contribution in [-0.2, 0) is 27.1 Å². The fourth-order valence-corrected chi connectivity index (χ4v) is 3.88. The average Bonchev–Trinajstić information content (AvgIpc) is 3.04. The molecule has 0 fully saturated rings. The Labute approximate surface area is 198 Å². The van der Waals surface area contributed by atoms with Gasteiger partial charge in [-0.2, -0.15) is 11.6 Å². The molecule has 1 aliphatic rings. The maximum atomic E-state index is 3.45. The van der Waals surface area contributed by atoms with Crippen molar-refractivity contribution in [2.24, 2.45) is 0 Å². The van der Waals surface area contributed by atoms with E-state index in [1.54, 1.807) is 0 Å². The molecule has 4 heteroatoms. The summed E-state index contributed by atoms with van der Waals surface area (Å²) < 4.78 is 0. The second-order valence-electron chi connectivity index (χ2n) is 6.40. The van der Waals surface area contributed by atoms with Gasteiger partial charge in [-0.1, -0.05) is 111 Å². The summed E-state index contributed by atoms with van der Waals surface area (Å²) in [5.74, 6) is 0. The van der Waals surface area contributed by atoms with E-state index in [0.29, 0.717) is 0 Å². The Morgan fingerprint density at radius 1 is 0.852 bits per heavy atom. The van der Waals surface area contributed by atoms with E-state index in [4.69, 9.17) is 0 Å². The molecule has 142 valence electrons. The van der Waals surface area contributed by atoms with Crippen LogP contribution in [0.5, 0.6) is 0 Å². The third-order valence-corrected chi connectivity index (χ3v) is 5.03. The maximum absolute atomic E-state index is 3.45. The van der Waals surface area contributed by atoms with Gasteiger partial charge in [-0.05, 0) is 5.41 Å². The quantitative estimate of drug-likeness (QED) is 0.327. The SMILES string of the molecule is CCCCC(C1=C(C)[C-]=CC1)(c1ccccc1)c1ccccc1.[Cl-].[Cl-].[Cl-].[Ti+4]. The molecule has 0 N–H and O–H groups in total. The average molecular weight is 456 g/mol. The van der Waals surface area contributed by atoms with Crippen LogP contribution in [0.1, 0.15) is 50.7 Å².